The number of alkyl carbamates (subject to hydrolysis) is 1. The fraction of sp³-hybridized carbons (Fsp3) is 0.298. The number of methoxy groups -OCH3 is 1. The maximum atomic E-state index is 14.2. The van der Waals surface area contributed by atoms with E-state index in [1.807, 2.05) is 127 Å². The maximum absolute atomic E-state index is 14.2. The third-order valence-electron chi connectivity index (χ3n) is 10.4. The number of carbonyl (C=O) groups excluding carboxylic acids is 3. The number of ketones is 1. The third-order valence-corrected chi connectivity index (χ3v) is 10.4. The SMILES string of the molecule is COC(=O)N[C@H](C(=O)Cc1ccccc1CC[C@@H]1CN[C@H](CCc2ccccc2NC(=O)CCc2ccccc2)CO1)C(c1ccccc1)c1ccccc1. The minimum Gasteiger partial charge on any atom is -0.453 e. The van der Waals surface area contributed by atoms with Crippen molar-refractivity contribution in [3.8, 4) is 0 Å². The van der Waals surface area contributed by atoms with E-state index in [-0.39, 0.29) is 30.3 Å². The molecule has 0 spiro atoms. The van der Waals surface area contributed by atoms with Gasteiger partial charge in [0.05, 0.1) is 19.8 Å². The molecule has 55 heavy (non-hydrogen) atoms. The second-order valence-corrected chi connectivity index (χ2v) is 14.2. The summed E-state index contributed by atoms with van der Waals surface area (Å²) in [5.74, 6) is -0.472. The number of morpholine rings is 1. The quantitative estimate of drug-likeness (QED) is 0.0899. The van der Waals surface area contributed by atoms with Gasteiger partial charge in [0.25, 0.3) is 0 Å². The van der Waals surface area contributed by atoms with Gasteiger partial charge in [-0.25, -0.2) is 4.79 Å². The van der Waals surface area contributed by atoms with Gasteiger partial charge in [-0.1, -0.05) is 133 Å². The molecule has 5 aromatic rings. The number of hydrogen-bond acceptors (Lipinski definition) is 6. The van der Waals surface area contributed by atoms with Crippen molar-refractivity contribution in [1.29, 1.82) is 0 Å². The number of carbonyl (C=O) groups is 3. The first kappa shape index (κ1) is 39.1. The summed E-state index contributed by atoms with van der Waals surface area (Å²) in [7, 11) is 1.31. The van der Waals surface area contributed by atoms with E-state index in [1.54, 1.807) is 0 Å². The highest BCUT2D eigenvalue weighted by Gasteiger charge is 2.33. The molecule has 0 unspecified atom stereocenters. The Hall–Kier alpha value is -5.57. The summed E-state index contributed by atoms with van der Waals surface area (Å²) in [4.78, 5) is 39.6. The van der Waals surface area contributed by atoms with E-state index in [9.17, 15) is 14.4 Å². The van der Waals surface area contributed by atoms with E-state index >= 15 is 0 Å². The first-order chi connectivity index (χ1) is 27.0. The van der Waals surface area contributed by atoms with Gasteiger partial charge in [0, 0.05) is 37.0 Å². The Morgan fingerprint density at radius 3 is 1.93 bits per heavy atom. The Kier molecular flexibility index (Phi) is 14.4. The van der Waals surface area contributed by atoms with Crippen LogP contribution in [0.25, 0.3) is 0 Å². The summed E-state index contributed by atoms with van der Waals surface area (Å²) in [6, 6.07) is 45.1. The van der Waals surface area contributed by atoms with Gasteiger partial charge in [0.1, 0.15) is 6.04 Å². The van der Waals surface area contributed by atoms with E-state index in [2.05, 4.69) is 28.1 Å². The Bertz CT molecular complexity index is 1920. The van der Waals surface area contributed by atoms with Crippen LogP contribution < -0.4 is 16.0 Å². The molecule has 5 aromatic carbocycles. The fourth-order valence-electron chi connectivity index (χ4n) is 7.37. The van der Waals surface area contributed by atoms with Crippen molar-refractivity contribution >= 4 is 23.5 Å². The summed E-state index contributed by atoms with van der Waals surface area (Å²) in [6.45, 7) is 1.35. The van der Waals surface area contributed by atoms with Crippen molar-refractivity contribution in [1.82, 2.24) is 10.6 Å². The highest BCUT2D eigenvalue weighted by molar-refractivity contribution is 5.92. The number of ether oxygens (including phenoxy) is 2. The molecule has 1 aliphatic heterocycles. The van der Waals surface area contributed by atoms with Gasteiger partial charge >= 0.3 is 6.09 Å². The second kappa shape index (κ2) is 20.2. The summed E-state index contributed by atoms with van der Waals surface area (Å²) in [6.07, 6.45) is 4.00. The predicted octanol–water partition coefficient (Wildman–Crippen LogP) is 7.85. The molecular weight excluding hydrogens is 687 g/mol. The normalized spacial score (nSPS) is 15.9. The van der Waals surface area contributed by atoms with Gasteiger partial charge in [0.15, 0.2) is 5.78 Å². The summed E-state index contributed by atoms with van der Waals surface area (Å²) < 4.78 is 11.3. The molecule has 1 fully saturated rings. The van der Waals surface area contributed by atoms with Crippen molar-refractivity contribution in [2.75, 3.05) is 25.6 Å². The van der Waals surface area contributed by atoms with Crippen molar-refractivity contribution in [3.05, 3.63) is 173 Å². The Labute approximate surface area is 324 Å². The van der Waals surface area contributed by atoms with Crippen LogP contribution in [-0.4, -0.2) is 56.2 Å². The smallest absolute Gasteiger partial charge is 0.407 e. The maximum Gasteiger partial charge on any atom is 0.407 e. The monoisotopic (exact) mass is 737 g/mol. The van der Waals surface area contributed by atoms with Crippen LogP contribution in [0.1, 0.15) is 58.6 Å². The molecule has 3 atom stereocenters. The van der Waals surface area contributed by atoms with Crippen LogP contribution in [0, 0.1) is 0 Å². The van der Waals surface area contributed by atoms with E-state index in [0.717, 1.165) is 71.3 Å². The first-order valence-electron chi connectivity index (χ1n) is 19.3. The number of hydrogen-bond donors (Lipinski definition) is 3. The third kappa shape index (κ3) is 11.5. The Morgan fingerprint density at radius 1 is 0.709 bits per heavy atom. The molecular formula is C47H51N3O5. The summed E-state index contributed by atoms with van der Waals surface area (Å²) in [5.41, 5.74) is 7.05. The second-order valence-electron chi connectivity index (χ2n) is 14.2. The number of benzene rings is 5. The van der Waals surface area contributed by atoms with Crippen LogP contribution in [0.5, 0.6) is 0 Å². The largest absolute Gasteiger partial charge is 0.453 e. The minimum atomic E-state index is -0.837. The number of rotatable bonds is 17. The summed E-state index contributed by atoms with van der Waals surface area (Å²) >= 11 is 0. The van der Waals surface area contributed by atoms with Gasteiger partial charge in [-0.15, -0.1) is 0 Å². The zero-order valence-electron chi connectivity index (χ0n) is 31.5. The average Bonchev–Trinajstić information content (AvgIpc) is 3.23. The van der Waals surface area contributed by atoms with Crippen molar-refractivity contribution in [2.45, 2.75) is 69.1 Å². The molecule has 8 heteroatoms. The van der Waals surface area contributed by atoms with Crippen LogP contribution in [0.15, 0.2) is 140 Å². The Balaban J connectivity index is 1.02. The van der Waals surface area contributed by atoms with Gasteiger partial charge in [-0.3, -0.25) is 9.59 Å². The van der Waals surface area contributed by atoms with E-state index < -0.39 is 18.1 Å². The molecule has 1 aliphatic rings. The van der Waals surface area contributed by atoms with Crippen molar-refractivity contribution in [2.24, 2.45) is 0 Å². The molecule has 284 valence electrons. The van der Waals surface area contributed by atoms with Gasteiger partial charge in [-0.2, -0.15) is 0 Å². The highest BCUT2D eigenvalue weighted by Crippen LogP contribution is 2.30. The number of anilines is 1. The van der Waals surface area contributed by atoms with Crippen LogP contribution >= 0.6 is 0 Å². The lowest BCUT2D eigenvalue weighted by atomic mass is 9.81. The molecule has 1 saturated heterocycles. The number of amides is 2. The lowest BCUT2D eigenvalue weighted by Gasteiger charge is -2.31. The lowest BCUT2D eigenvalue weighted by Crippen LogP contribution is -2.46. The zero-order valence-corrected chi connectivity index (χ0v) is 31.5. The van der Waals surface area contributed by atoms with Crippen LogP contribution in [0.3, 0.4) is 0 Å². The number of para-hydroxylation sites is 1. The van der Waals surface area contributed by atoms with Crippen LogP contribution in [0.2, 0.25) is 0 Å². The molecule has 2 amide bonds. The Morgan fingerprint density at radius 2 is 1.29 bits per heavy atom. The predicted molar refractivity (Wildman–Crippen MR) is 217 cm³/mol. The van der Waals surface area contributed by atoms with E-state index in [1.165, 1.54) is 7.11 Å². The highest BCUT2D eigenvalue weighted by atomic mass is 16.5. The van der Waals surface area contributed by atoms with Crippen molar-refractivity contribution < 1.29 is 23.9 Å². The van der Waals surface area contributed by atoms with Crippen LogP contribution in [-0.2, 0) is 44.7 Å². The molecule has 8 nitrogen and oxygen atoms in total. The van der Waals surface area contributed by atoms with Crippen LogP contribution in [0.4, 0.5) is 10.5 Å². The summed E-state index contributed by atoms with van der Waals surface area (Å²) in [5, 5.41) is 9.69. The van der Waals surface area contributed by atoms with Gasteiger partial charge < -0.3 is 25.4 Å². The molecule has 6 rings (SSSR count). The molecule has 0 saturated carbocycles. The number of aryl methyl sites for hydroxylation is 3. The van der Waals surface area contributed by atoms with Crippen molar-refractivity contribution in [3.63, 3.8) is 0 Å². The van der Waals surface area contributed by atoms with Gasteiger partial charge in [-0.05, 0) is 71.6 Å². The number of Topliss-reactive ketones (excluding diaryl/α,β-unsaturated/α-hetero) is 1. The molecule has 0 bridgehead atoms. The molecule has 1 heterocycles. The zero-order chi connectivity index (χ0) is 38.2. The fourth-order valence-corrected chi connectivity index (χ4v) is 7.37. The topological polar surface area (TPSA) is 106 Å². The molecule has 0 aromatic heterocycles. The number of nitrogens with one attached hydrogen (secondary N) is 3. The lowest BCUT2D eigenvalue weighted by molar-refractivity contribution is -0.120. The van der Waals surface area contributed by atoms with Gasteiger partial charge in [0.2, 0.25) is 5.91 Å². The first-order valence-corrected chi connectivity index (χ1v) is 19.3. The molecule has 3 N–H and O–H groups in total. The van der Waals surface area contributed by atoms with E-state index in [4.69, 9.17) is 9.47 Å². The molecule has 0 aliphatic carbocycles. The average molecular weight is 738 g/mol. The van der Waals surface area contributed by atoms with E-state index in [0.29, 0.717) is 19.4 Å². The minimum absolute atomic E-state index is 0.0189. The standard InChI is InChI=1S/C47H51N3O5/c1-54-47(53)50-46(45(37-19-7-3-8-20-37)38-21-9-4-10-22-38)43(51)31-39-23-12-11-17-35(39)27-29-41-32-48-40(33-55-41)28-26-36-18-13-14-24-42(36)49-44(52)30-25-34-15-5-2-6-16-34/h2-24,40-41,45-46,48H,25-33H2,1H3,(H,49,52)(H,50,53)/t40-,41-,46-/m1/s1. The molecule has 0 radical (unpaired) electrons.